The second-order valence-corrected chi connectivity index (χ2v) is 7.93. The first-order valence-corrected chi connectivity index (χ1v) is 8.72. The first-order chi connectivity index (χ1) is 9.54. The molecule has 6 nitrogen and oxygen atoms in total. The molecule has 2 aliphatic heterocycles. The van der Waals surface area contributed by atoms with Crippen molar-refractivity contribution in [1.82, 2.24) is 9.62 Å². The average Bonchev–Trinajstić information content (AvgIpc) is 3.11. The van der Waals surface area contributed by atoms with E-state index in [0.29, 0.717) is 24.9 Å². The Bertz CT molecular complexity index is 613. The molecule has 0 saturated carbocycles. The fraction of sp³-hybridized carbons (Fsp3) is 0.583. The van der Waals surface area contributed by atoms with E-state index in [-0.39, 0.29) is 9.77 Å². The number of carbonyl (C=O) groups is 1. The van der Waals surface area contributed by atoms with E-state index in [1.807, 2.05) is 0 Å². The number of hydrogen-bond acceptors (Lipinski definition) is 6. The van der Waals surface area contributed by atoms with Gasteiger partial charge in [0.15, 0.2) is 0 Å². The molecule has 0 aliphatic carbocycles. The molecule has 0 aromatic carbocycles. The van der Waals surface area contributed by atoms with Crippen LogP contribution >= 0.6 is 11.3 Å². The molecule has 2 saturated heterocycles. The van der Waals surface area contributed by atoms with E-state index in [9.17, 15) is 13.2 Å². The van der Waals surface area contributed by atoms with Crippen LogP contribution in [0.5, 0.6) is 0 Å². The first kappa shape index (κ1) is 14.0. The van der Waals surface area contributed by atoms with Crippen molar-refractivity contribution >= 4 is 27.3 Å². The molecule has 0 radical (unpaired) electrons. The molecule has 2 aliphatic rings. The zero-order valence-electron chi connectivity index (χ0n) is 11.0. The molecule has 0 amide bonds. The maximum Gasteiger partial charge on any atom is 0.349 e. The van der Waals surface area contributed by atoms with Gasteiger partial charge in [-0.25, -0.2) is 13.2 Å². The number of fused-ring (bicyclic) bond motifs is 1. The Morgan fingerprint density at radius 1 is 1.40 bits per heavy atom. The number of sulfonamides is 1. The van der Waals surface area contributed by atoms with Crippen molar-refractivity contribution in [2.75, 3.05) is 33.3 Å². The molecule has 2 atom stereocenters. The SMILES string of the molecule is COC(=O)c1sccc1S(=O)(=O)N1CC2CNCC2C1. The molecule has 20 heavy (non-hydrogen) atoms. The van der Waals surface area contributed by atoms with E-state index < -0.39 is 16.0 Å². The molecule has 2 fully saturated rings. The van der Waals surface area contributed by atoms with Crippen molar-refractivity contribution in [2.45, 2.75) is 4.90 Å². The van der Waals surface area contributed by atoms with Crippen LogP contribution in [0.15, 0.2) is 16.3 Å². The van der Waals surface area contributed by atoms with E-state index in [4.69, 9.17) is 0 Å². The van der Waals surface area contributed by atoms with Crippen LogP contribution in [-0.4, -0.2) is 52.0 Å². The van der Waals surface area contributed by atoms with Crippen LogP contribution in [0.1, 0.15) is 9.67 Å². The largest absolute Gasteiger partial charge is 0.465 e. The van der Waals surface area contributed by atoms with Gasteiger partial charge in [-0.2, -0.15) is 4.31 Å². The van der Waals surface area contributed by atoms with Crippen LogP contribution in [0.2, 0.25) is 0 Å². The number of carbonyl (C=O) groups excluding carboxylic acids is 1. The van der Waals surface area contributed by atoms with Crippen LogP contribution in [0.25, 0.3) is 0 Å². The summed E-state index contributed by atoms with van der Waals surface area (Å²) >= 11 is 1.10. The summed E-state index contributed by atoms with van der Waals surface area (Å²) in [7, 11) is -2.35. The maximum atomic E-state index is 12.7. The van der Waals surface area contributed by atoms with E-state index in [0.717, 1.165) is 24.4 Å². The van der Waals surface area contributed by atoms with E-state index in [1.165, 1.54) is 17.5 Å². The topological polar surface area (TPSA) is 75.7 Å². The van der Waals surface area contributed by atoms with Gasteiger partial charge in [0.2, 0.25) is 10.0 Å². The van der Waals surface area contributed by atoms with Gasteiger partial charge in [-0.3, -0.25) is 0 Å². The minimum atomic E-state index is -3.61. The Labute approximate surface area is 121 Å². The van der Waals surface area contributed by atoms with Crippen LogP contribution in [0.4, 0.5) is 0 Å². The van der Waals surface area contributed by atoms with Crippen LogP contribution in [0, 0.1) is 11.8 Å². The van der Waals surface area contributed by atoms with E-state index >= 15 is 0 Å². The Balaban J connectivity index is 1.89. The van der Waals surface area contributed by atoms with Gasteiger partial charge in [0, 0.05) is 13.1 Å². The van der Waals surface area contributed by atoms with Crippen molar-refractivity contribution < 1.29 is 17.9 Å². The summed E-state index contributed by atoms with van der Waals surface area (Å²) in [6, 6.07) is 1.48. The fourth-order valence-corrected chi connectivity index (χ4v) is 5.75. The standard InChI is InChI=1S/C12H16N2O4S2/c1-18-12(15)11-10(2-3-19-11)20(16,17)14-6-8-4-13-5-9(8)7-14/h2-3,8-9,13H,4-7H2,1H3. The molecule has 3 heterocycles. The highest BCUT2D eigenvalue weighted by atomic mass is 32.2. The van der Waals surface area contributed by atoms with Gasteiger partial charge < -0.3 is 10.1 Å². The van der Waals surface area contributed by atoms with Gasteiger partial charge in [0.05, 0.1) is 7.11 Å². The van der Waals surface area contributed by atoms with Crippen LogP contribution in [-0.2, 0) is 14.8 Å². The molecule has 2 unspecified atom stereocenters. The highest BCUT2D eigenvalue weighted by molar-refractivity contribution is 7.89. The molecule has 0 spiro atoms. The number of methoxy groups -OCH3 is 1. The third-order valence-corrected chi connectivity index (χ3v) is 6.87. The van der Waals surface area contributed by atoms with Crippen molar-refractivity contribution in [1.29, 1.82) is 0 Å². The van der Waals surface area contributed by atoms with Crippen LogP contribution in [0.3, 0.4) is 0 Å². The van der Waals surface area contributed by atoms with Gasteiger partial charge in [-0.15, -0.1) is 11.3 Å². The van der Waals surface area contributed by atoms with Gasteiger partial charge in [0.25, 0.3) is 0 Å². The molecule has 110 valence electrons. The molecule has 1 aromatic heterocycles. The lowest BCUT2D eigenvalue weighted by Crippen LogP contribution is -2.32. The predicted molar refractivity (Wildman–Crippen MR) is 74.3 cm³/mol. The number of nitrogens with zero attached hydrogens (tertiary/aromatic N) is 1. The number of esters is 1. The number of nitrogens with one attached hydrogen (secondary N) is 1. The number of ether oxygens (including phenoxy) is 1. The number of thiophene rings is 1. The third kappa shape index (κ3) is 2.16. The molecule has 0 bridgehead atoms. The lowest BCUT2D eigenvalue weighted by molar-refractivity contribution is 0.0602. The summed E-state index contributed by atoms with van der Waals surface area (Å²) in [6.07, 6.45) is 0. The summed E-state index contributed by atoms with van der Waals surface area (Å²) in [5.41, 5.74) is 0. The van der Waals surface area contributed by atoms with Crippen molar-refractivity contribution in [3.8, 4) is 0 Å². The molecule has 1 aromatic rings. The minimum Gasteiger partial charge on any atom is -0.465 e. The maximum absolute atomic E-state index is 12.7. The lowest BCUT2D eigenvalue weighted by atomic mass is 10.0. The molecular formula is C12H16N2O4S2. The Morgan fingerprint density at radius 3 is 2.65 bits per heavy atom. The fourth-order valence-electron chi connectivity index (χ4n) is 2.89. The summed E-state index contributed by atoms with van der Waals surface area (Å²) in [5.74, 6) is 0.162. The summed E-state index contributed by atoms with van der Waals surface area (Å²) in [6.45, 7) is 2.78. The highest BCUT2D eigenvalue weighted by Gasteiger charge is 2.42. The zero-order chi connectivity index (χ0) is 14.3. The van der Waals surface area contributed by atoms with Crippen molar-refractivity contribution in [3.63, 3.8) is 0 Å². The van der Waals surface area contributed by atoms with Crippen LogP contribution < -0.4 is 5.32 Å². The summed E-state index contributed by atoms with van der Waals surface area (Å²) in [5, 5.41) is 4.88. The zero-order valence-corrected chi connectivity index (χ0v) is 12.7. The second-order valence-electron chi connectivity index (χ2n) is 5.11. The smallest absolute Gasteiger partial charge is 0.349 e. The highest BCUT2D eigenvalue weighted by Crippen LogP contribution is 2.33. The predicted octanol–water partition coefficient (Wildman–Crippen LogP) is 0.375. The second kappa shape index (κ2) is 5.10. The van der Waals surface area contributed by atoms with Gasteiger partial charge in [0.1, 0.15) is 9.77 Å². The number of rotatable bonds is 3. The normalized spacial score (nSPS) is 26.6. The average molecular weight is 316 g/mol. The third-order valence-electron chi connectivity index (χ3n) is 3.97. The van der Waals surface area contributed by atoms with Crippen molar-refractivity contribution in [2.24, 2.45) is 11.8 Å². The van der Waals surface area contributed by atoms with Gasteiger partial charge >= 0.3 is 5.97 Å². The minimum absolute atomic E-state index is 0.0716. The van der Waals surface area contributed by atoms with Gasteiger partial charge in [-0.05, 0) is 36.4 Å². The first-order valence-electron chi connectivity index (χ1n) is 6.40. The van der Waals surface area contributed by atoms with Gasteiger partial charge in [-0.1, -0.05) is 0 Å². The Kier molecular flexibility index (Phi) is 3.57. The summed E-state index contributed by atoms with van der Waals surface area (Å²) in [4.78, 5) is 11.9. The quantitative estimate of drug-likeness (QED) is 0.816. The Hall–Kier alpha value is -0.960. The monoisotopic (exact) mass is 316 g/mol. The lowest BCUT2D eigenvalue weighted by Gasteiger charge is -2.17. The van der Waals surface area contributed by atoms with Crippen molar-refractivity contribution in [3.05, 3.63) is 16.3 Å². The molecular weight excluding hydrogens is 300 g/mol. The van der Waals surface area contributed by atoms with E-state index in [2.05, 4.69) is 10.1 Å². The summed E-state index contributed by atoms with van der Waals surface area (Å²) < 4.78 is 31.5. The Morgan fingerprint density at radius 2 is 2.05 bits per heavy atom. The molecule has 8 heteroatoms. The molecule has 1 N–H and O–H groups in total. The molecule has 3 rings (SSSR count). The number of hydrogen-bond donors (Lipinski definition) is 1. The van der Waals surface area contributed by atoms with E-state index in [1.54, 1.807) is 5.38 Å².